The minimum Gasteiger partial charge on any atom is -0.396 e. The van der Waals surface area contributed by atoms with E-state index >= 15 is 0 Å². The number of thioether (sulfide) groups is 1. The van der Waals surface area contributed by atoms with Gasteiger partial charge in [-0.2, -0.15) is 0 Å². The van der Waals surface area contributed by atoms with E-state index in [-0.39, 0.29) is 12.4 Å². The standard InChI is InChI=1S/C19H19FN4S/c1-12-18(13-6-4-3-5-7-13)19(16(21)10-22-12)24-11-17-15(20)8-14(25-2)9-23-17/h3-10H,11,21H2,1-2H3,(H,22,24). The molecule has 0 radical (unpaired) electrons. The second-order valence-corrected chi connectivity index (χ2v) is 6.45. The van der Waals surface area contributed by atoms with Crippen LogP contribution in [-0.4, -0.2) is 16.2 Å². The predicted octanol–water partition coefficient (Wildman–Crippen LogP) is 4.51. The third-order valence-corrected chi connectivity index (χ3v) is 4.62. The van der Waals surface area contributed by atoms with E-state index in [0.29, 0.717) is 11.4 Å². The van der Waals surface area contributed by atoms with Gasteiger partial charge in [0.25, 0.3) is 0 Å². The third-order valence-electron chi connectivity index (χ3n) is 3.92. The van der Waals surface area contributed by atoms with Gasteiger partial charge in [-0.25, -0.2) is 4.39 Å². The van der Waals surface area contributed by atoms with Crippen LogP contribution in [0.1, 0.15) is 11.4 Å². The average molecular weight is 354 g/mol. The van der Waals surface area contributed by atoms with Gasteiger partial charge in [0.2, 0.25) is 0 Å². The Balaban J connectivity index is 1.94. The molecule has 0 fully saturated rings. The Morgan fingerprint density at radius 1 is 1.16 bits per heavy atom. The molecule has 0 aliphatic carbocycles. The molecule has 0 bridgehead atoms. The Labute approximate surface area is 150 Å². The molecule has 2 aromatic heterocycles. The van der Waals surface area contributed by atoms with Crippen LogP contribution in [0.25, 0.3) is 11.1 Å². The smallest absolute Gasteiger partial charge is 0.147 e. The van der Waals surface area contributed by atoms with Gasteiger partial charge in [0, 0.05) is 22.3 Å². The van der Waals surface area contributed by atoms with Crippen LogP contribution in [0.4, 0.5) is 15.8 Å². The topological polar surface area (TPSA) is 63.8 Å². The van der Waals surface area contributed by atoms with Crippen LogP contribution in [0, 0.1) is 12.7 Å². The Morgan fingerprint density at radius 2 is 1.92 bits per heavy atom. The Bertz CT molecular complexity index is 884. The number of aromatic nitrogens is 2. The molecule has 6 heteroatoms. The van der Waals surface area contributed by atoms with Gasteiger partial charge in [-0.15, -0.1) is 11.8 Å². The summed E-state index contributed by atoms with van der Waals surface area (Å²) in [5.41, 5.74) is 10.5. The summed E-state index contributed by atoms with van der Waals surface area (Å²) in [7, 11) is 0. The minimum absolute atomic E-state index is 0.244. The molecular formula is C19H19FN4S. The van der Waals surface area contributed by atoms with E-state index < -0.39 is 0 Å². The lowest BCUT2D eigenvalue weighted by Gasteiger charge is -2.16. The molecular weight excluding hydrogens is 335 g/mol. The Kier molecular flexibility index (Phi) is 5.19. The van der Waals surface area contributed by atoms with Crippen molar-refractivity contribution in [3.63, 3.8) is 0 Å². The molecule has 3 rings (SSSR count). The summed E-state index contributed by atoms with van der Waals surface area (Å²) in [6, 6.07) is 11.4. The second kappa shape index (κ2) is 7.53. The quantitative estimate of drug-likeness (QED) is 0.660. The van der Waals surface area contributed by atoms with Crippen LogP contribution >= 0.6 is 11.8 Å². The van der Waals surface area contributed by atoms with Crippen molar-refractivity contribution in [2.45, 2.75) is 18.4 Å². The lowest BCUT2D eigenvalue weighted by Crippen LogP contribution is -2.09. The molecule has 0 aliphatic heterocycles. The summed E-state index contributed by atoms with van der Waals surface area (Å²) in [5, 5.41) is 3.24. The highest BCUT2D eigenvalue weighted by molar-refractivity contribution is 7.98. The first-order valence-electron chi connectivity index (χ1n) is 7.83. The number of hydrogen-bond donors (Lipinski definition) is 2. The van der Waals surface area contributed by atoms with Crippen LogP contribution in [-0.2, 0) is 6.54 Å². The highest BCUT2D eigenvalue weighted by atomic mass is 32.2. The van der Waals surface area contributed by atoms with Crippen molar-refractivity contribution < 1.29 is 4.39 Å². The minimum atomic E-state index is -0.329. The van der Waals surface area contributed by atoms with Crippen LogP contribution < -0.4 is 11.1 Å². The summed E-state index contributed by atoms with van der Waals surface area (Å²) in [5.74, 6) is -0.329. The number of anilines is 2. The number of halogens is 1. The normalized spacial score (nSPS) is 10.7. The molecule has 3 aromatic rings. The van der Waals surface area contributed by atoms with Crippen LogP contribution in [0.3, 0.4) is 0 Å². The Morgan fingerprint density at radius 3 is 2.60 bits per heavy atom. The molecule has 2 heterocycles. The summed E-state index contributed by atoms with van der Waals surface area (Å²) in [6.45, 7) is 2.17. The zero-order valence-electron chi connectivity index (χ0n) is 14.1. The molecule has 128 valence electrons. The SMILES string of the molecule is CSc1cnc(CNc2c(N)cnc(C)c2-c2ccccc2)c(F)c1. The number of rotatable bonds is 5. The number of benzene rings is 1. The van der Waals surface area contributed by atoms with E-state index in [2.05, 4.69) is 15.3 Å². The summed E-state index contributed by atoms with van der Waals surface area (Å²) < 4.78 is 14.2. The Hall–Kier alpha value is -2.60. The number of aryl methyl sites for hydroxylation is 1. The first kappa shape index (κ1) is 17.2. The highest BCUT2D eigenvalue weighted by Gasteiger charge is 2.14. The first-order valence-corrected chi connectivity index (χ1v) is 9.05. The zero-order valence-corrected chi connectivity index (χ0v) is 14.9. The molecule has 25 heavy (non-hydrogen) atoms. The summed E-state index contributed by atoms with van der Waals surface area (Å²) in [4.78, 5) is 9.35. The largest absolute Gasteiger partial charge is 0.396 e. The van der Waals surface area contributed by atoms with Gasteiger partial charge in [-0.1, -0.05) is 30.3 Å². The zero-order chi connectivity index (χ0) is 17.8. The van der Waals surface area contributed by atoms with Gasteiger partial charge in [0.05, 0.1) is 29.8 Å². The lowest BCUT2D eigenvalue weighted by atomic mass is 10.0. The van der Waals surface area contributed by atoms with Crippen LogP contribution in [0.2, 0.25) is 0 Å². The maximum Gasteiger partial charge on any atom is 0.147 e. The maximum atomic E-state index is 14.2. The summed E-state index contributed by atoms with van der Waals surface area (Å²) >= 11 is 1.46. The molecule has 0 saturated carbocycles. The monoisotopic (exact) mass is 354 g/mol. The van der Waals surface area contributed by atoms with Gasteiger partial charge >= 0.3 is 0 Å². The van der Waals surface area contributed by atoms with E-state index in [1.54, 1.807) is 12.4 Å². The molecule has 0 saturated heterocycles. The fourth-order valence-electron chi connectivity index (χ4n) is 2.63. The van der Waals surface area contributed by atoms with Crippen molar-refractivity contribution in [2.75, 3.05) is 17.3 Å². The third kappa shape index (κ3) is 3.74. The number of pyridine rings is 2. The molecule has 0 unspecified atom stereocenters. The number of nitrogens with two attached hydrogens (primary N) is 1. The fraction of sp³-hybridized carbons (Fsp3) is 0.158. The highest BCUT2D eigenvalue weighted by Crippen LogP contribution is 2.34. The van der Waals surface area contributed by atoms with Crippen molar-refractivity contribution in [3.8, 4) is 11.1 Å². The molecule has 3 N–H and O–H groups in total. The van der Waals surface area contributed by atoms with E-state index in [9.17, 15) is 4.39 Å². The van der Waals surface area contributed by atoms with Crippen molar-refractivity contribution in [1.82, 2.24) is 9.97 Å². The van der Waals surface area contributed by atoms with E-state index in [4.69, 9.17) is 5.73 Å². The number of hydrogen-bond acceptors (Lipinski definition) is 5. The average Bonchev–Trinajstić information content (AvgIpc) is 2.63. The molecule has 4 nitrogen and oxygen atoms in total. The van der Waals surface area contributed by atoms with Crippen molar-refractivity contribution >= 4 is 23.1 Å². The van der Waals surface area contributed by atoms with E-state index in [0.717, 1.165) is 27.4 Å². The second-order valence-electron chi connectivity index (χ2n) is 5.57. The van der Waals surface area contributed by atoms with Gasteiger partial charge < -0.3 is 11.1 Å². The summed E-state index contributed by atoms with van der Waals surface area (Å²) in [6.07, 6.45) is 5.18. The van der Waals surface area contributed by atoms with Crippen molar-refractivity contribution in [1.29, 1.82) is 0 Å². The van der Waals surface area contributed by atoms with Crippen molar-refractivity contribution in [2.24, 2.45) is 0 Å². The molecule has 0 amide bonds. The number of nitrogens with one attached hydrogen (secondary N) is 1. The van der Waals surface area contributed by atoms with Crippen LogP contribution in [0.5, 0.6) is 0 Å². The lowest BCUT2D eigenvalue weighted by molar-refractivity contribution is 0.598. The van der Waals surface area contributed by atoms with E-state index in [1.807, 2.05) is 43.5 Å². The predicted molar refractivity (Wildman–Crippen MR) is 102 cm³/mol. The number of nitrogen functional groups attached to an aromatic ring is 1. The first-order chi connectivity index (χ1) is 12.1. The molecule has 1 aromatic carbocycles. The molecule has 0 spiro atoms. The molecule has 0 aliphatic rings. The number of nitrogens with zero attached hydrogens (tertiary/aromatic N) is 2. The fourth-order valence-corrected chi connectivity index (χ4v) is 3.01. The van der Waals surface area contributed by atoms with Gasteiger partial charge in [0.15, 0.2) is 0 Å². The van der Waals surface area contributed by atoms with Crippen LogP contribution in [0.15, 0.2) is 53.7 Å². The van der Waals surface area contributed by atoms with Crippen molar-refractivity contribution in [3.05, 3.63) is 66.0 Å². The molecule has 0 atom stereocenters. The van der Waals surface area contributed by atoms with Gasteiger partial charge in [0.1, 0.15) is 5.82 Å². The van der Waals surface area contributed by atoms with E-state index in [1.165, 1.54) is 17.8 Å². The van der Waals surface area contributed by atoms with Gasteiger partial charge in [-0.3, -0.25) is 9.97 Å². The maximum absolute atomic E-state index is 14.2. The van der Waals surface area contributed by atoms with Gasteiger partial charge in [-0.05, 0) is 24.8 Å².